The van der Waals surface area contributed by atoms with Gasteiger partial charge in [-0.25, -0.2) is 0 Å². The number of hydrogen-bond donors (Lipinski definition) is 4. The van der Waals surface area contributed by atoms with E-state index in [-0.39, 0.29) is 48.3 Å². The van der Waals surface area contributed by atoms with Crippen molar-refractivity contribution >= 4 is 54.8 Å². The highest BCUT2D eigenvalue weighted by atomic mass is 79.9. The van der Waals surface area contributed by atoms with Gasteiger partial charge in [-0.15, -0.1) is 0 Å². The molecule has 0 heterocycles. The summed E-state index contributed by atoms with van der Waals surface area (Å²) in [5.74, 6) is -2.13. The van der Waals surface area contributed by atoms with Gasteiger partial charge in [0, 0.05) is 10.2 Å². The van der Waals surface area contributed by atoms with Crippen LogP contribution in [0.3, 0.4) is 0 Å². The number of benzene rings is 2. The minimum Gasteiger partial charge on any atom is -0.507 e. The van der Waals surface area contributed by atoms with Gasteiger partial charge in [-0.3, -0.25) is 9.59 Å². The Morgan fingerprint density at radius 1 is 0.818 bits per heavy atom. The molecule has 0 aliphatic heterocycles. The van der Waals surface area contributed by atoms with Crippen molar-refractivity contribution in [2.75, 3.05) is 11.5 Å². The van der Waals surface area contributed by atoms with Gasteiger partial charge in [0.1, 0.15) is 11.5 Å². The Kier molecular flexibility index (Phi) is 3.19. The fourth-order valence-corrected chi connectivity index (χ4v) is 3.35. The first-order valence-corrected chi connectivity index (χ1v) is 7.55. The van der Waals surface area contributed by atoms with Crippen molar-refractivity contribution in [2.45, 2.75) is 0 Å². The number of halogens is 2. The number of aromatic hydroxyl groups is 2. The maximum Gasteiger partial charge on any atom is 0.200 e. The number of carbonyl (C=O) groups excluding carboxylic acids is 2. The molecule has 112 valence electrons. The number of phenols is 2. The Morgan fingerprint density at radius 2 is 1.41 bits per heavy atom. The average molecular weight is 428 g/mol. The smallest absolute Gasteiger partial charge is 0.200 e. The lowest BCUT2D eigenvalue weighted by atomic mass is 9.81. The first-order chi connectivity index (χ1) is 10.3. The summed E-state index contributed by atoms with van der Waals surface area (Å²) in [6, 6.07) is 2.56. The Labute approximate surface area is 141 Å². The number of hydrogen-bond acceptors (Lipinski definition) is 6. The number of nitrogens with two attached hydrogens (primary N) is 2. The van der Waals surface area contributed by atoms with Gasteiger partial charge in [0.15, 0.2) is 0 Å². The van der Waals surface area contributed by atoms with Crippen LogP contribution in [0.1, 0.15) is 31.8 Å². The second-order valence-corrected chi connectivity index (χ2v) is 6.45. The summed E-state index contributed by atoms with van der Waals surface area (Å²) < 4.78 is 0.460. The molecule has 0 saturated heterocycles. The largest absolute Gasteiger partial charge is 0.507 e. The Balaban J connectivity index is 2.49. The van der Waals surface area contributed by atoms with Crippen LogP contribution in [-0.2, 0) is 0 Å². The van der Waals surface area contributed by atoms with Crippen LogP contribution in [0.5, 0.6) is 11.5 Å². The van der Waals surface area contributed by atoms with Crippen molar-refractivity contribution in [1.82, 2.24) is 0 Å². The minimum atomic E-state index is -0.677. The van der Waals surface area contributed by atoms with Gasteiger partial charge in [0.2, 0.25) is 11.6 Å². The number of phenolic OH excluding ortho intramolecular Hbond substituents is 2. The summed E-state index contributed by atoms with van der Waals surface area (Å²) in [4.78, 5) is 25.3. The quantitative estimate of drug-likeness (QED) is 0.322. The third-order valence-corrected chi connectivity index (χ3v) is 4.75. The lowest BCUT2D eigenvalue weighted by molar-refractivity contribution is 0.0975. The lowest BCUT2D eigenvalue weighted by Gasteiger charge is -2.23. The maximum atomic E-state index is 12.7. The van der Waals surface area contributed by atoms with Gasteiger partial charge in [-0.2, -0.15) is 0 Å². The number of nitrogen functional groups attached to an aromatic ring is 2. The first-order valence-electron chi connectivity index (χ1n) is 5.97. The first kappa shape index (κ1) is 14.9. The van der Waals surface area contributed by atoms with Crippen LogP contribution in [0, 0.1) is 0 Å². The van der Waals surface area contributed by atoms with Crippen LogP contribution in [0.2, 0.25) is 0 Å². The maximum absolute atomic E-state index is 12.7. The second-order valence-electron chi connectivity index (χ2n) is 4.75. The molecule has 8 heteroatoms. The molecule has 0 spiro atoms. The predicted molar refractivity (Wildman–Crippen MR) is 87.3 cm³/mol. The molecule has 2 aromatic carbocycles. The van der Waals surface area contributed by atoms with E-state index in [1.54, 1.807) is 0 Å². The van der Waals surface area contributed by atoms with E-state index in [0.29, 0.717) is 0 Å². The Morgan fingerprint density at radius 3 is 2.05 bits per heavy atom. The lowest BCUT2D eigenvalue weighted by Crippen LogP contribution is -2.24. The molecule has 22 heavy (non-hydrogen) atoms. The monoisotopic (exact) mass is 426 g/mol. The van der Waals surface area contributed by atoms with Crippen molar-refractivity contribution in [1.29, 1.82) is 0 Å². The topological polar surface area (TPSA) is 127 Å². The predicted octanol–water partition coefficient (Wildman–Crippen LogP) is 2.56. The highest BCUT2D eigenvalue weighted by Crippen LogP contribution is 2.45. The fraction of sp³-hybridized carbons (Fsp3) is 0. The zero-order valence-corrected chi connectivity index (χ0v) is 13.9. The molecule has 6 nitrogen and oxygen atoms in total. The summed E-state index contributed by atoms with van der Waals surface area (Å²) in [5.41, 5.74) is 10.9. The van der Waals surface area contributed by atoms with Gasteiger partial charge < -0.3 is 21.7 Å². The van der Waals surface area contributed by atoms with Crippen LogP contribution < -0.4 is 11.5 Å². The molecule has 0 aromatic heterocycles. The number of fused-ring (bicyclic) bond motifs is 2. The molecule has 0 fully saturated rings. The van der Waals surface area contributed by atoms with Crippen LogP contribution in [0.25, 0.3) is 0 Å². The molecule has 0 atom stereocenters. The van der Waals surface area contributed by atoms with Crippen LogP contribution in [0.4, 0.5) is 11.4 Å². The molecule has 0 saturated carbocycles. The number of carbonyl (C=O) groups is 2. The SMILES string of the molecule is Nc1cc(Br)c(O)c2c1C(=O)c1c(O)cc(Br)c(N)c1C2=O. The van der Waals surface area contributed by atoms with Gasteiger partial charge in [0.05, 0.1) is 32.4 Å². The van der Waals surface area contributed by atoms with Gasteiger partial charge in [0.25, 0.3) is 0 Å². The van der Waals surface area contributed by atoms with Gasteiger partial charge >= 0.3 is 0 Å². The average Bonchev–Trinajstić information content (AvgIpc) is 2.44. The molecule has 2 aromatic rings. The zero-order chi connectivity index (χ0) is 16.3. The van der Waals surface area contributed by atoms with Crippen molar-refractivity contribution in [3.8, 4) is 11.5 Å². The third-order valence-electron chi connectivity index (χ3n) is 3.49. The van der Waals surface area contributed by atoms with E-state index in [9.17, 15) is 19.8 Å². The second kappa shape index (κ2) is 4.72. The standard InChI is InChI=1S/C14H8Br2N2O4/c15-3-2-6(19)8-9(11(3)18)14(22)10-7(13(8)21)5(17)1-4(16)12(10)20/h1-2,19-20H,17-18H2. The molecule has 0 unspecified atom stereocenters. The fourth-order valence-electron chi connectivity index (χ4n) is 2.49. The number of rotatable bonds is 0. The summed E-state index contributed by atoms with van der Waals surface area (Å²) in [7, 11) is 0. The summed E-state index contributed by atoms with van der Waals surface area (Å²) in [6.45, 7) is 0. The van der Waals surface area contributed by atoms with E-state index in [0.717, 1.165) is 0 Å². The number of anilines is 2. The highest BCUT2D eigenvalue weighted by molar-refractivity contribution is 9.11. The molecule has 0 amide bonds. The summed E-state index contributed by atoms with van der Waals surface area (Å²) in [6.07, 6.45) is 0. The molecule has 3 rings (SSSR count). The van der Waals surface area contributed by atoms with Crippen LogP contribution >= 0.6 is 31.9 Å². The van der Waals surface area contributed by atoms with Gasteiger partial charge in [-0.05, 0) is 44.0 Å². The van der Waals surface area contributed by atoms with Crippen molar-refractivity contribution in [3.05, 3.63) is 43.3 Å². The zero-order valence-electron chi connectivity index (χ0n) is 10.8. The Bertz CT molecular complexity index is 824. The van der Waals surface area contributed by atoms with Gasteiger partial charge in [-0.1, -0.05) is 0 Å². The van der Waals surface area contributed by atoms with E-state index in [2.05, 4.69) is 31.9 Å². The summed E-state index contributed by atoms with van der Waals surface area (Å²) in [5, 5.41) is 20.1. The molecule has 1 aliphatic rings. The molecule has 0 radical (unpaired) electrons. The van der Waals surface area contributed by atoms with E-state index in [4.69, 9.17) is 11.5 Å². The van der Waals surface area contributed by atoms with Crippen molar-refractivity contribution in [2.24, 2.45) is 0 Å². The molecular weight excluding hydrogens is 420 g/mol. The molecule has 0 bridgehead atoms. The van der Waals surface area contributed by atoms with E-state index >= 15 is 0 Å². The normalized spacial score (nSPS) is 13.0. The highest BCUT2D eigenvalue weighted by Gasteiger charge is 2.38. The van der Waals surface area contributed by atoms with Crippen molar-refractivity contribution < 1.29 is 19.8 Å². The molecular formula is C14H8Br2N2O4. The Hall–Kier alpha value is -2.06. The third kappa shape index (κ3) is 1.77. The van der Waals surface area contributed by atoms with E-state index in [1.165, 1.54) is 12.1 Å². The van der Waals surface area contributed by atoms with E-state index < -0.39 is 17.3 Å². The summed E-state index contributed by atoms with van der Waals surface area (Å²) >= 11 is 6.19. The van der Waals surface area contributed by atoms with E-state index in [1.807, 2.05) is 0 Å². The molecule has 1 aliphatic carbocycles. The van der Waals surface area contributed by atoms with Crippen LogP contribution in [0.15, 0.2) is 21.1 Å². The number of ketones is 2. The van der Waals surface area contributed by atoms with Crippen LogP contribution in [-0.4, -0.2) is 21.8 Å². The van der Waals surface area contributed by atoms with Crippen molar-refractivity contribution in [3.63, 3.8) is 0 Å². The molecule has 6 N–H and O–H groups in total. The minimum absolute atomic E-state index is 0.00902.